The van der Waals surface area contributed by atoms with Crippen LogP contribution >= 0.6 is 0 Å². The van der Waals surface area contributed by atoms with Crippen molar-refractivity contribution >= 4 is 0 Å². The number of aliphatic hydroxyl groups is 1. The molecule has 2 rings (SSSR count). The fourth-order valence-electron chi connectivity index (χ4n) is 2.26. The molecule has 2 unspecified atom stereocenters. The summed E-state index contributed by atoms with van der Waals surface area (Å²) in [6.07, 6.45) is 1.69. The molecule has 1 aliphatic heterocycles. The van der Waals surface area contributed by atoms with Gasteiger partial charge < -0.3 is 19.9 Å². The Morgan fingerprint density at radius 3 is 2.90 bits per heavy atom. The Balaban J connectivity index is 1.56. The van der Waals surface area contributed by atoms with Crippen molar-refractivity contribution in [3.05, 3.63) is 29.8 Å². The molecule has 2 atom stereocenters. The van der Waals surface area contributed by atoms with E-state index in [1.807, 2.05) is 0 Å². The zero-order valence-corrected chi connectivity index (χ0v) is 12.1. The summed E-state index contributed by atoms with van der Waals surface area (Å²) in [7, 11) is 0. The van der Waals surface area contributed by atoms with Crippen LogP contribution in [0.3, 0.4) is 0 Å². The van der Waals surface area contributed by atoms with Crippen molar-refractivity contribution in [3.63, 3.8) is 0 Å². The molecule has 1 heterocycles. The van der Waals surface area contributed by atoms with Gasteiger partial charge in [0, 0.05) is 19.8 Å². The predicted molar refractivity (Wildman–Crippen MR) is 79.1 cm³/mol. The van der Waals surface area contributed by atoms with Crippen LogP contribution in [0.4, 0.5) is 0 Å². The SMILES string of the molecule is N#Cc1ccc(OCC(O)CNCCC2CCOC2)cc1. The molecule has 2 N–H and O–H groups in total. The zero-order valence-electron chi connectivity index (χ0n) is 12.1. The Morgan fingerprint density at radius 1 is 1.43 bits per heavy atom. The summed E-state index contributed by atoms with van der Waals surface area (Å²) < 4.78 is 10.8. The molecule has 0 saturated carbocycles. The maximum Gasteiger partial charge on any atom is 0.119 e. The molecule has 1 saturated heterocycles. The number of aliphatic hydroxyl groups excluding tert-OH is 1. The number of nitrogens with one attached hydrogen (secondary N) is 1. The molecule has 0 amide bonds. The van der Waals surface area contributed by atoms with Gasteiger partial charge in [-0.3, -0.25) is 0 Å². The minimum atomic E-state index is -0.541. The number of hydrogen-bond acceptors (Lipinski definition) is 5. The molecule has 114 valence electrons. The van der Waals surface area contributed by atoms with Gasteiger partial charge >= 0.3 is 0 Å². The highest BCUT2D eigenvalue weighted by molar-refractivity contribution is 5.34. The number of hydrogen-bond donors (Lipinski definition) is 2. The van der Waals surface area contributed by atoms with Crippen molar-refractivity contribution in [3.8, 4) is 11.8 Å². The Hall–Kier alpha value is -1.61. The summed E-state index contributed by atoms with van der Waals surface area (Å²) >= 11 is 0. The quantitative estimate of drug-likeness (QED) is 0.706. The lowest BCUT2D eigenvalue weighted by Gasteiger charge is -2.14. The summed E-state index contributed by atoms with van der Waals surface area (Å²) in [5, 5.41) is 21.8. The lowest BCUT2D eigenvalue weighted by atomic mass is 10.1. The minimum absolute atomic E-state index is 0.242. The van der Waals surface area contributed by atoms with Crippen LogP contribution < -0.4 is 10.1 Å². The average molecular weight is 290 g/mol. The first-order chi connectivity index (χ1) is 10.3. The van der Waals surface area contributed by atoms with Gasteiger partial charge in [-0.15, -0.1) is 0 Å². The lowest BCUT2D eigenvalue weighted by molar-refractivity contribution is 0.106. The number of benzene rings is 1. The van der Waals surface area contributed by atoms with Crippen molar-refractivity contribution in [2.45, 2.75) is 18.9 Å². The Labute approximate surface area is 125 Å². The summed E-state index contributed by atoms with van der Waals surface area (Å²) in [6, 6.07) is 8.92. The molecule has 0 aliphatic carbocycles. The van der Waals surface area contributed by atoms with Crippen LogP contribution in [0.15, 0.2) is 24.3 Å². The first-order valence-electron chi connectivity index (χ1n) is 7.37. The van der Waals surface area contributed by atoms with Crippen LogP contribution in [0.5, 0.6) is 5.75 Å². The van der Waals surface area contributed by atoms with Crippen LogP contribution in [0.2, 0.25) is 0 Å². The van der Waals surface area contributed by atoms with Gasteiger partial charge in [0.2, 0.25) is 0 Å². The number of rotatable bonds is 8. The lowest BCUT2D eigenvalue weighted by Crippen LogP contribution is -2.32. The topological polar surface area (TPSA) is 74.5 Å². The molecular formula is C16H22N2O3. The second kappa shape index (κ2) is 8.63. The highest BCUT2D eigenvalue weighted by Crippen LogP contribution is 2.15. The van der Waals surface area contributed by atoms with Gasteiger partial charge in [-0.05, 0) is 49.6 Å². The van der Waals surface area contributed by atoms with E-state index in [1.54, 1.807) is 24.3 Å². The fraction of sp³-hybridized carbons (Fsp3) is 0.562. The molecular weight excluding hydrogens is 268 g/mol. The van der Waals surface area contributed by atoms with Gasteiger partial charge in [-0.1, -0.05) is 0 Å². The largest absolute Gasteiger partial charge is 0.491 e. The van der Waals surface area contributed by atoms with Gasteiger partial charge in [0.25, 0.3) is 0 Å². The monoisotopic (exact) mass is 290 g/mol. The Bertz CT molecular complexity index is 450. The van der Waals surface area contributed by atoms with Crippen molar-refractivity contribution in [1.82, 2.24) is 5.32 Å². The van der Waals surface area contributed by atoms with Crippen LogP contribution in [0.25, 0.3) is 0 Å². The smallest absolute Gasteiger partial charge is 0.119 e. The molecule has 5 nitrogen and oxygen atoms in total. The second-order valence-electron chi connectivity index (χ2n) is 5.32. The van der Waals surface area contributed by atoms with Crippen molar-refractivity contribution < 1.29 is 14.6 Å². The van der Waals surface area contributed by atoms with Gasteiger partial charge in [-0.2, -0.15) is 5.26 Å². The van der Waals surface area contributed by atoms with E-state index in [1.165, 1.54) is 0 Å². The molecule has 1 aliphatic rings. The normalized spacial score (nSPS) is 19.1. The fourth-order valence-corrected chi connectivity index (χ4v) is 2.26. The van der Waals surface area contributed by atoms with E-state index in [2.05, 4.69) is 11.4 Å². The molecule has 0 aromatic heterocycles. The second-order valence-corrected chi connectivity index (χ2v) is 5.32. The first-order valence-corrected chi connectivity index (χ1v) is 7.37. The van der Waals surface area contributed by atoms with Gasteiger partial charge in [0.05, 0.1) is 11.6 Å². The molecule has 1 aromatic carbocycles. The number of nitriles is 1. The Kier molecular flexibility index (Phi) is 6.48. The van der Waals surface area contributed by atoms with Crippen LogP contribution in [-0.2, 0) is 4.74 Å². The minimum Gasteiger partial charge on any atom is -0.491 e. The van der Waals surface area contributed by atoms with Gasteiger partial charge in [0.15, 0.2) is 0 Å². The van der Waals surface area contributed by atoms with Crippen molar-refractivity contribution in [1.29, 1.82) is 5.26 Å². The number of nitrogens with zero attached hydrogens (tertiary/aromatic N) is 1. The average Bonchev–Trinajstić information content (AvgIpc) is 3.03. The van der Waals surface area contributed by atoms with Crippen molar-refractivity contribution in [2.24, 2.45) is 5.92 Å². The van der Waals surface area contributed by atoms with E-state index in [4.69, 9.17) is 14.7 Å². The van der Waals surface area contributed by atoms with E-state index in [0.717, 1.165) is 32.6 Å². The van der Waals surface area contributed by atoms with E-state index in [9.17, 15) is 5.11 Å². The Morgan fingerprint density at radius 2 is 2.24 bits per heavy atom. The van der Waals surface area contributed by atoms with Gasteiger partial charge in [-0.25, -0.2) is 0 Å². The van der Waals surface area contributed by atoms with Crippen LogP contribution in [0.1, 0.15) is 18.4 Å². The third-order valence-electron chi connectivity index (χ3n) is 3.56. The summed E-state index contributed by atoms with van der Waals surface area (Å²) in [4.78, 5) is 0. The first kappa shape index (κ1) is 15.8. The molecule has 0 bridgehead atoms. The van der Waals surface area contributed by atoms with E-state index < -0.39 is 6.10 Å². The van der Waals surface area contributed by atoms with E-state index in [0.29, 0.717) is 23.8 Å². The summed E-state index contributed by atoms with van der Waals surface area (Å²) in [5.41, 5.74) is 0.598. The summed E-state index contributed by atoms with van der Waals surface area (Å²) in [6.45, 7) is 3.40. The highest BCUT2D eigenvalue weighted by Gasteiger charge is 2.14. The standard InChI is InChI=1S/C16H22N2O3/c17-9-13-1-3-16(4-2-13)21-12-15(19)10-18-7-5-14-6-8-20-11-14/h1-4,14-15,18-19H,5-8,10-12H2. The van der Waals surface area contributed by atoms with E-state index >= 15 is 0 Å². The zero-order chi connectivity index (χ0) is 14.9. The van der Waals surface area contributed by atoms with E-state index in [-0.39, 0.29) is 6.61 Å². The maximum absolute atomic E-state index is 9.84. The third kappa shape index (κ3) is 5.72. The summed E-state index contributed by atoms with van der Waals surface area (Å²) in [5.74, 6) is 1.32. The number of ether oxygens (including phenoxy) is 2. The van der Waals surface area contributed by atoms with Crippen LogP contribution in [-0.4, -0.2) is 44.1 Å². The maximum atomic E-state index is 9.84. The molecule has 5 heteroatoms. The van der Waals surface area contributed by atoms with Crippen molar-refractivity contribution in [2.75, 3.05) is 32.9 Å². The molecule has 21 heavy (non-hydrogen) atoms. The third-order valence-corrected chi connectivity index (χ3v) is 3.56. The molecule has 0 spiro atoms. The molecule has 0 radical (unpaired) electrons. The van der Waals surface area contributed by atoms with Gasteiger partial charge in [0.1, 0.15) is 18.5 Å². The van der Waals surface area contributed by atoms with Crippen LogP contribution in [0, 0.1) is 17.2 Å². The molecule has 1 fully saturated rings. The molecule has 1 aromatic rings. The predicted octanol–water partition coefficient (Wildman–Crippen LogP) is 1.31. The highest BCUT2D eigenvalue weighted by atomic mass is 16.5.